The Morgan fingerprint density at radius 2 is 1.74 bits per heavy atom. The highest BCUT2D eigenvalue weighted by Crippen LogP contribution is 2.26. The van der Waals surface area contributed by atoms with Crippen LogP contribution >= 0.6 is 27.7 Å². The Morgan fingerprint density at radius 3 is 2.42 bits per heavy atom. The first-order valence-electron chi connectivity index (χ1n) is 5.94. The molecule has 0 aliphatic heterocycles. The lowest BCUT2D eigenvalue weighted by Crippen LogP contribution is -2.22. The van der Waals surface area contributed by atoms with Crippen molar-refractivity contribution in [3.05, 3.63) is 59.1 Å². The Balaban J connectivity index is 1.99. The molecule has 0 aliphatic rings. The summed E-state index contributed by atoms with van der Waals surface area (Å²) in [5.41, 5.74) is 0.799. The Hall–Kier alpha value is -1.26. The number of carbonyl (C=O) groups is 1. The molecule has 1 N–H and O–H groups in total. The van der Waals surface area contributed by atoms with Crippen LogP contribution in [0.25, 0.3) is 0 Å². The van der Waals surface area contributed by atoms with Crippen molar-refractivity contribution in [1.82, 2.24) is 0 Å². The number of nitrogens with one attached hydrogen (secondary N) is 1. The zero-order valence-corrected chi connectivity index (χ0v) is 12.9. The predicted molar refractivity (Wildman–Crippen MR) is 84.5 cm³/mol. The molecule has 0 spiro atoms. The first kappa shape index (κ1) is 14.2. The van der Waals surface area contributed by atoms with Gasteiger partial charge in [-0.2, -0.15) is 0 Å². The smallest absolute Gasteiger partial charge is 0.237 e. The molecule has 0 radical (unpaired) electrons. The minimum absolute atomic E-state index is 0.000697. The van der Waals surface area contributed by atoms with Crippen LogP contribution in [0.15, 0.2) is 64.0 Å². The van der Waals surface area contributed by atoms with Gasteiger partial charge in [-0.25, -0.2) is 0 Å². The van der Waals surface area contributed by atoms with E-state index in [4.69, 9.17) is 0 Å². The summed E-state index contributed by atoms with van der Waals surface area (Å²) in [6.07, 6.45) is 0. The molecule has 0 unspecified atom stereocenters. The summed E-state index contributed by atoms with van der Waals surface area (Å²) in [5.74, 6) is 0.000697. The van der Waals surface area contributed by atoms with Crippen LogP contribution in [0.2, 0.25) is 0 Å². The molecule has 0 aromatic heterocycles. The van der Waals surface area contributed by atoms with Gasteiger partial charge in [-0.15, -0.1) is 11.8 Å². The number of hydrogen-bond acceptors (Lipinski definition) is 2. The quantitative estimate of drug-likeness (QED) is 0.829. The van der Waals surface area contributed by atoms with Crippen molar-refractivity contribution in [3.8, 4) is 0 Å². The van der Waals surface area contributed by atoms with Crippen LogP contribution in [0.1, 0.15) is 6.92 Å². The van der Waals surface area contributed by atoms with E-state index < -0.39 is 0 Å². The Morgan fingerprint density at radius 1 is 1.11 bits per heavy atom. The lowest BCUT2D eigenvalue weighted by molar-refractivity contribution is -0.115. The van der Waals surface area contributed by atoms with Crippen molar-refractivity contribution in [1.29, 1.82) is 0 Å². The zero-order chi connectivity index (χ0) is 13.7. The fraction of sp³-hybridized carbons (Fsp3) is 0.133. The SMILES string of the molecule is C[C@H](Sc1ccccc1)C(=O)Nc1ccccc1Br. The first-order valence-corrected chi connectivity index (χ1v) is 7.61. The van der Waals surface area contributed by atoms with Crippen LogP contribution in [0.5, 0.6) is 0 Å². The number of benzene rings is 2. The summed E-state index contributed by atoms with van der Waals surface area (Å²) < 4.78 is 0.889. The summed E-state index contributed by atoms with van der Waals surface area (Å²) >= 11 is 4.97. The van der Waals surface area contributed by atoms with E-state index in [0.29, 0.717) is 0 Å². The molecule has 2 aromatic rings. The van der Waals surface area contributed by atoms with Crippen LogP contribution in [-0.2, 0) is 4.79 Å². The van der Waals surface area contributed by atoms with E-state index in [1.54, 1.807) is 11.8 Å². The van der Waals surface area contributed by atoms with E-state index in [-0.39, 0.29) is 11.2 Å². The Labute approximate surface area is 125 Å². The molecular weight excluding hydrogens is 322 g/mol. The van der Waals surface area contributed by atoms with Crippen LogP contribution < -0.4 is 5.32 Å². The van der Waals surface area contributed by atoms with Gasteiger partial charge in [0, 0.05) is 9.37 Å². The average molecular weight is 336 g/mol. The molecule has 0 heterocycles. The van der Waals surface area contributed by atoms with Crippen molar-refractivity contribution in [2.75, 3.05) is 5.32 Å². The summed E-state index contributed by atoms with van der Waals surface area (Å²) in [7, 11) is 0. The number of carbonyl (C=O) groups excluding carboxylic acids is 1. The third-order valence-corrected chi connectivity index (χ3v) is 4.36. The van der Waals surface area contributed by atoms with E-state index in [2.05, 4.69) is 21.2 Å². The van der Waals surface area contributed by atoms with E-state index in [9.17, 15) is 4.79 Å². The molecule has 1 amide bonds. The molecule has 0 aliphatic carbocycles. The van der Waals surface area contributed by atoms with Crippen molar-refractivity contribution in [2.45, 2.75) is 17.1 Å². The summed E-state index contributed by atoms with van der Waals surface area (Å²) in [4.78, 5) is 13.2. The van der Waals surface area contributed by atoms with E-state index in [1.165, 1.54) is 0 Å². The maximum absolute atomic E-state index is 12.1. The second-order valence-corrected chi connectivity index (χ2v) is 6.31. The maximum Gasteiger partial charge on any atom is 0.237 e. The van der Waals surface area contributed by atoms with Crippen molar-refractivity contribution < 1.29 is 4.79 Å². The Kier molecular flexibility index (Phi) is 5.05. The summed E-state index contributed by atoms with van der Waals surface area (Å²) in [5, 5.41) is 2.78. The fourth-order valence-corrected chi connectivity index (χ4v) is 2.83. The molecule has 0 fully saturated rings. The fourth-order valence-electron chi connectivity index (χ4n) is 1.55. The summed E-state index contributed by atoms with van der Waals surface area (Å²) in [6.45, 7) is 1.91. The maximum atomic E-state index is 12.1. The molecule has 0 saturated carbocycles. The number of rotatable bonds is 4. The van der Waals surface area contributed by atoms with Gasteiger partial charge in [0.2, 0.25) is 5.91 Å². The topological polar surface area (TPSA) is 29.1 Å². The van der Waals surface area contributed by atoms with Crippen LogP contribution in [0.3, 0.4) is 0 Å². The van der Waals surface area contributed by atoms with Crippen LogP contribution in [-0.4, -0.2) is 11.2 Å². The van der Waals surface area contributed by atoms with Gasteiger partial charge in [-0.05, 0) is 47.1 Å². The van der Waals surface area contributed by atoms with E-state index in [0.717, 1.165) is 15.1 Å². The normalized spacial score (nSPS) is 11.9. The van der Waals surface area contributed by atoms with Gasteiger partial charge in [-0.1, -0.05) is 30.3 Å². The molecule has 4 heteroatoms. The van der Waals surface area contributed by atoms with E-state index in [1.807, 2.05) is 61.5 Å². The number of para-hydroxylation sites is 1. The molecule has 0 saturated heterocycles. The van der Waals surface area contributed by atoms with Crippen LogP contribution in [0, 0.1) is 0 Å². The molecule has 2 nitrogen and oxygen atoms in total. The zero-order valence-electron chi connectivity index (χ0n) is 10.5. The van der Waals surface area contributed by atoms with E-state index >= 15 is 0 Å². The van der Waals surface area contributed by atoms with Crippen LogP contribution in [0.4, 0.5) is 5.69 Å². The molecule has 2 rings (SSSR count). The molecule has 2 aromatic carbocycles. The highest BCUT2D eigenvalue weighted by atomic mass is 79.9. The standard InChI is InChI=1S/C15H14BrNOS/c1-11(19-12-7-3-2-4-8-12)15(18)17-14-10-6-5-9-13(14)16/h2-11H,1H3,(H,17,18)/t11-/m0/s1. The minimum Gasteiger partial charge on any atom is -0.324 e. The number of anilines is 1. The highest BCUT2D eigenvalue weighted by molar-refractivity contribution is 9.10. The molecule has 19 heavy (non-hydrogen) atoms. The monoisotopic (exact) mass is 335 g/mol. The van der Waals surface area contributed by atoms with Gasteiger partial charge < -0.3 is 5.32 Å². The van der Waals surface area contributed by atoms with Crippen molar-refractivity contribution in [3.63, 3.8) is 0 Å². The predicted octanol–water partition coefficient (Wildman–Crippen LogP) is 4.57. The van der Waals surface area contributed by atoms with Gasteiger partial charge in [0.1, 0.15) is 0 Å². The largest absolute Gasteiger partial charge is 0.324 e. The molecular formula is C15H14BrNOS. The number of thioether (sulfide) groups is 1. The average Bonchev–Trinajstić information content (AvgIpc) is 2.42. The second kappa shape index (κ2) is 6.78. The second-order valence-electron chi connectivity index (χ2n) is 4.04. The van der Waals surface area contributed by atoms with Gasteiger partial charge in [0.05, 0.1) is 10.9 Å². The van der Waals surface area contributed by atoms with Crippen molar-refractivity contribution >= 4 is 39.3 Å². The third-order valence-electron chi connectivity index (χ3n) is 2.56. The lowest BCUT2D eigenvalue weighted by Gasteiger charge is -2.12. The number of amides is 1. The minimum atomic E-state index is -0.144. The summed E-state index contributed by atoms with van der Waals surface area (Å²) in [6, 6.07) is 17.5. The molecule has 0 bridgehead atoms. The highest BCUT2D eigenvalue weighted by Gasteiger charge is 2.15. The van der Waals surface area contributed by atoms with Gasteiger partial charge >= 0.3 is 0 Å². The molecule has 98 valence electrons. The third kappa shape index (κ3) is 4.11. The van der Waals surface area contributed by atoms with Crippen molar-refractivity contribution in [2.24, 2.45) is 0 Å². The van der Waals surface area contributed by atoms with Gasteiger partial charge in [0.25, 0.3) is 0 Å². The first-order chi connectivity index (χ1) is 9.16. The number of hydrogen-bond donors (Lipinski definition) is 1. The molecule has 1 atom stereocenters. The van der Waals surface area contributed by atoms with Gasteiger partial charge in [-0.3, -0.25) is 4.79 Å². The number of halogens is 1. The Bertz CT molecular complexity index is 559. The lowest BCUT2D eigenvalue weighted by atomic mass is 10.3. The van der Waals surface area contributed by atoms with Gasteiger partial charge in [0.15, 0.2) is 0 Å².